The highest BCUT2D eigenvalue weighted by Crippen LogP contribution is 2.32. The Bertz CT molecular complexity index is 1620. The molecule has 370 valence electrons. The van der Waals surface area contributed by atoms with Crippen LogP contribution in [0.4, 0.5) is 5.69 Å². The fraction of sp³-hybridized carbons (Fsp3) is 0.652. The number of anilines is 1. The second-order valence-electron chi connectivity index (χ2n) is 14.5. The summed E-state index contributed by atoms with van der Waals surface area (Å²) in [5.74, 6) is -2.18. The lowest BCUT2D eigenvalue weighted by Gasteiger charge is -2.27. The van der Waals surface area contributed by atoms with Crippen molar-refractivity contribution in [2.24, 2.45) is 0 Å². The van der Waals surface area contributed by atoms with E-state index in [1.165, 1.54) is 0 Å². The van der Waals surface area contributed by atoms with Crippen molar-refractivity contribution >= 4 is 29.3 Å². The molecule has 0 spiro atoms. The molecule has 2 aliphatic rings. The van der Waals surface area contributed by atoms with Gasteiger partial charge in [0.05, 0.1) is 183 Å². The predicted octanol–water partition coefficient (Wildman–Crippen LogP) is 1.92. The Labute approximate surface area is 387 Å². The smallest absolute Gasteiger partial charge is 0.264 e. The molecule has 4 rings (SSSR count). The SMILES string of the molecule is O=C1CCC(N2C(=O)c3cccc(NCCOCCOCCOCCOCCOCCOCCOCCOCCOCCOCCOCCOCCOCc4ccccc4)c3C2=O)C(=O)N1. The van der Waals surface area contributed by atoms with Gasteiger partial charge in [0.25, 0.3) is 11.8 Å². The number of rotatable bonds is 43. The summed E-state index contributed by atoms with van der Waals surface area (Å²) in [4.78, 5) is 50.9. The van der Waals surface area contributed by atoms with Crippen LogP contribution in [-0.4, -0.2) is 206 Å². The van der Waals surface area contributed by atoms with Crippen molar-refractivity contribution in [1.82, 2.24) is 10.2 Å². The molecule has 0 saturated carbocycles. The van der Waals surface area contributed by atoms with Crippen LogP contribution >= 0.6 is 0 Å². The highest BCUT2D eigenvalue weighted by atomic mass is 16.6. The summed E-state index contributed by atoms with van der Waals surface area (Å²) < 4.78 is 71.8. The number of ether oxygens (including phenoxy) is 13. The van der Waals surface area contributed by atoms with Gasteiger partial charge in [-0.3, -0.25) is 29.4 Å². The lowest BCUT2D eigenvalue weighted by atomic mass is 10.0. The van der Waals surface area contributed by atoms with Crippen LogP contribution in [0.25, 0.3) is 0 Å². The lowest BCUT2D eigenvalue weighted by molar-refractivity contribution is -0.136. The molecule has 1 fully saturated rings. The van der Waals surface area contributed by atoms with Crippen molar-refractivity contribution in [2.75, 3.05) is 177 Å². The number of imide groups is 2. The van der Waals surface area contributed by atoms with E-state index in [4.69, 9.17) is 61.6 Å². The van der Waals surface area contributed by atoms with Crippen LogP contribution in [0.15, 0.2) is 48.5 Å². The molecule has 2 aromatic rings. The summed E-state index contributed by atoms with van der Waals surface area (Å²) in [6.07, 6.45) is 0.164. The fourth-order valence-corrected chi connectivity index (χ4v) is 6.32. The van der Waals surface area contributed by atoms with E-state index in [0.29, 0.717) is 184 Å². The molecule has 1 saturated heterocycles. The summed E-state index contributed by atoms with van der Waals surface area (Å²) in [6, 6.07) is 13.9. The minimum Gasteiger partial charge on any atom is -0.382 e. The number of fused-ring (bicyclic) bond motifs is 1. The third kappa shape index (κ3) is 23.1. The monoisotopic (exact) mass is 935 g/mol. The summed E-state index contributed by atoms with van der Waals surface area (Å²) in [6.45, 7) is 12.6. The van der Waals surface area contributed by atoms with Crippen LogP contribution in [0.2, 0.25) is 0 Å². The van der Waals surface area contributed by atoms with Gasteiger partial charge in [-0.25, -0.2) is 0 Å². The Morgan fingerprint density at radius 3 is 1.26 bits per heavy atom. The molecule has 20 nitrogen and oxygen atoms in total. The van der Waals surface area contributed by atoms with E-state index >= 15 is 0 Å². The van der Waals surface area contributed by atoms with E-state index in [0.717, 1.165) is 10.5 Å². The van der Waals surface area contributed by atoms with Gasteiger partial charge >= 0.3 is 0 Å². The van der Waals surface area contributed by atoms with Crippen molar-refractivity contribution in [1.29, 1.82) is 0 Å². The van der Waals surface area contributed by atoms with E-state index in [9.17, 15) is 19.2 Å². The van der Waals surface area contributed by atoms with Crippen molar-refractivity contribution in [2.45, 2.75) is 25.5 Å². The minimum absolute atomic E-state index is 0.0631. The van der Waals surface area contributed by atoms with Gasteiger partial charge in [0.15, 0.2) is 0 Å². The van der Waals surface area contributed by atoms with Gasteiger partial charge in [-0.2, -0.15) is 0 Å². The molecular weight excluding hydrogens is 867 g/mol. The minimum atomic E-state index is -1.01. The molecule has 0 aliphatic carbocycles. The van der Waals surface area contributed by atoms with Crippen LogP contribution < -0.4 is 10.6 Å². The van der Waals surface area contributed by atoms with Gasteiger partial charge in [0.2, 0.25) is 11.8 Å². The molecule has 0 radical (unpaired) electrons. The number of piperidine rings is 1. The predicted molar refractivity (Wildman–Crippen MR) is 238 cm³/mol. The second-order valence-corrected chi connectivity index (χ2v) is 14.5. The van der Waals surface area contributed by atoms with Gasteiger partial charge in [0, 0.05) is 18.7 Å². The first-order valence-electron chi connectivity index (χ1n) is 22.7. The van der Waals surface area contributed by atoms with Gasteiger partial charge in [-0.15, -0.1) is 0 Å². The molecule has 2 aliphatic heterocycles. The van der Waals surface area contributed by atoms with Crippen molar-refractivity contribution in [3.05, 3.63) is 65.2 Å². The topological polar surface area (TPSA) is 216 Å². The maximum atomic E-state index is 13.2. The molecule has 20 heteroatoms. The number of benzene rings is 2. The molecule has 2 heterocycles. The molecule has 2 N–H and O–H groups in total. The van der Waals surface area contributed by atoms with Crippen LogP contribution in [0, 0.1) is 0 Å². The Kier molecular flexibility index (Phi) is 29.9. The van der Waals surface area contributed by atoms with E-state index in [-0.39, 0.29) is 24.0 Å². The molecule has 1 atom stereocenters. The molecule has 66 heavy (non-hydrogen) atoms. The van der Waals surface area contributed by atoms with Crippen LogP contribution in [-0.2, 0) is 77.8 Å². The van der Waals surface area contributed by atoms with Gasteiger partial charge < -0.3 is 66.9 Å². The fourth-order valence-electron chi connectivity index (χ4n) is 6.32. The molecule has 0 bridgehead atoms. The Morgan fingerprint density at radius 1 is 0.455 bits per heavy atom. The van der Waals surface area contributed by atoms with Gasteiger partial charge in [-0.05, 0) is 24.1 Å². The summed E-state index contributed by atoms with van der Waals surface area (Å²) in [7, 11) is 0. The molecule has 1 unspecified atom stereocenters. The van der Waals surface area contributed by atoms with Crippen molar-refractivity contribution < 1.29 is 80.8 Å². The first kappa shape index (κ1) is 54.6. The lowest BCUT2D eigenvalue weighted by Crippen LogP contribution is -2.54. The Hall–Kier alpha value is -4.00. The Morgan fingerprint density at radius 2 is 0.848 bits per heavy atom. The summed E-state index contributed by atoms with van der Waals surface area (Å²) >= 11 is 0. The number of carbonyl (C=O) groups is 4. The van der Waals surface area contributed by atoms with Crippen molar-refractivity contribution in [3.63, 3.8) is 0 Å². The number of carbonyl (C=O) groups excluding carboxylic acids is 4. The van der Waals surface area contributed by atoms with E-state index in [1.54, 1.807) is 18.2 Å². The van der Waals surface area contributed by atoms with Crippen LogP contribution in [0.5, 0.6) is 0 Å². The average molecular weight is 936 g/mol. The second kappa shape index (κ2) is 36.1. The van der Waals surface area contributed by atoms with Crippen LogP contribution in [0.3, 0.4) is 0 Å². The third-order valence-corrected chi connectivity index (χ3v) is 9.61. The zero-order valence-electron chi connectivity index (χ0n) is 38.1. The normalized spacial score (nSPS) is 14.9. The average Bonchev–Trinajstić information content (AvgIpc) is 3.58. The third-order valence-electron chi connectivity index (χ3n) is 9.61. The highest BCUT2D eigenvalue weighted by Gasteiger charge is 2.45. The van der Waals surface area contributed by atoms with Gasteiger partial charge in [0.1, 0.15) is 6.04 Å². The van der Waals surface area contributed by atoms with E-state index < -0.39 is 29.7 Å². The molecule has 0 aromatic heterocycles. The number of nitrogens with zero attached hydrogens (tertiary/aromatic N) is 1. The number of hydrogen-bond acceptors (Lipinski definition) is 18. The summed E-state index contributed by atoms with van der Waals surface area (Å²) in [5, 5.41) is 5.34. The standard InChI is InChI=1S/C46H69N3O17/c50-42-10-9-41(44(51)48-42)49-45(52)39-7-4-8-40(43(39)46(49)53)47-11-12-54-13-14-55-15-16-56-17-18-57-19-20-58-21-22-59-23-24-60-25-26-61-27-28-62-29-30-63-31-32-64-33-34-65-35-36-66-37-38-5-2-1-3-6-38/h1-8,41,47H,9-37H2,(H,48,50,51). The van der Waals surface area contributed by atoms with Crippen LogP contribution in [0.1, 0.15) is 39.1 Å². The maximum absolute atomic E-state index is 13.2. The number of nitrogens with one attached hydrogen (secondary N) is 2. The highest BCUT2D eigenvalue weighted by molar-refractivity contribution is 6.25. The maximum Gasteiger partial charge on any atom is 0.264 e. The van der Waals surface area contributed by atoms with E-state index in [1.807, 2.05) is 30.3 Å². The first-order valence-corrected chi connectivity index (χ1v) is 22.7. The van der Waals surface area contributed by atoms with Gasteiger partial charge in [-0.1, -0.05) is 36.4 Å². The zero-order valence-corrected chi connectivity index (χ0v) is 38.1. The number of amides is 4. The van der Waals surface area contributed by atoms with E-state index in [2.05, 4.69) is 10.6 Å². The number of hydrogen-bond donors (Lipinski definition) is 2. The van der Waals surface area contributed by atoms with Crippen molar-refractivity contribution in [3.8, 4) is 0 Å². The first-order chi connectivity index (χ1) is 32.6. The molecule has 2 aromatic carbocycles. The molecular formula is C46H69N3O17. The quantitative estimate of drug-likeness (QED) is 0.0718. The summed E-state index contributed by atoms with van der Waals surface area (Å²) in [5.41, 5.74) is 2.05. The zero-order chi connectivity index (χ0) is 46.5. The Balaban J connectivity index is 0.781. The largest absolute Gasteiger partial charge is 0.382 e. The molecule has 4 amide bonds.